The summed E-state index contributed by atoms with van der Waals surface area (Å²) in [6, 6.07) is -5.66. The van der Waals surface area contributed by atoms with E-state index >= 15 is 0 Å². The van der Waals surface area contributed by atoms with Gasteiger partial charge in [-0.25, -0.2) is 0 Å². The molecule has 0 saturated heterocycles. The van der Waals surface area contributed by atoms with Crippen LogP contribution in [0, 0.1) is 11.8 Å². The molecule has 0 spiro atoms. The highest BCUT2D eigenvalue weighted by molar-refractivity contribution is 5.98. The van der Waals surface area contributed by atoms with E-state index in [9.17, 15) is 63.3 Å². The van der Waals surface area contributed by atoms with Crippen molar-refractivity contribution in [3.63, 3.8) is 0 Å². The molecular weight excluding hydrogens is 770 g/mol. The summed E-state index contributed by atoms with van der Waals surface area (Å²) in [6.45, 7) is 7.49. The van der Waals surface area contributed by atoms with E-state index in [-0.39, 0.29) is 30.8 Å². The zero-order valence-electron chi connectivity index (χ0n) is 32.6. The van der Waals surface area contributed by atoms with Gasteiger partial charge in [-0.1, -0.05) is 39.8 Å². The van der Waals surface area contributed by atoms with E-state index in [0.717, 1.165) is 6.92 Å². The van der Waals surface area contributed by atoms with E-state index in [1.165, 1.54) is 38.1 Å². The number of aliphatic carboxylic acids is 3. The van der Waals surface area contributed by atoms with Crippen molar-refractivity contribution in [2.75, 3.05) is 0 Å². The first-order valence-electron chi connectivity index (χ1n) is 18.1. The van der Waals surface area contributed by atoms with Crippen molar-refractivity contribution in [3.05, 3.63) is 29.8 Å². The molecule has 0 aromatic heterocycles. The number of rotatable bonds is 25. The first-order chi connectivity index (χ1) is 26.9. The number of nitrogens with one attached hydrogen (secondary N) is 6. The fourth-order valence-corrected chi connectivity index (χ4v) is 5.30. The van der Waals surface area contributed by atoms with E-state index in [1.807, 2.05) is 0 Å². The maximum Gasteiger partial charge on any atom is 0.305 e. The molecule has 0 unspecified atom stereocenters. The van der Waals surface area contributed by atoms with Crippen LogP contribution in [0.1, 0.15) is 65.9 Å². The lowest BCUT2D eigenvalue weighted by Crippen LogP contribution is -2.61. The van der Waals surface area contributed by atoms with Gasteiger partial charge >= 0.3 is 17.9 Å². The number of benzene rings is 1. The van der Waals surface area contributed by atoms with Crippen LogP contribution in [0.15, 0.2) is 24.3 Å². The number of amides is 6. The topological polar surface area (TPSA) is 370 Å². The van der Waals surface area contributed by atoms with Crippen molar-refractivity contribution < 1.29 is 73.5 Å². The number of nitrogens with two attached hydrogens (primary N) is 1. The Balaban J connectivity index is 3.43. The number of carbonyl (C=O) groups is 10. The van der Waals surface area contributed by atoms with Crippen molar-refractivity contribution in [2.45, 2.75) is 115 Å². The van der Waals surface area contributed by atoms with Gasteiger partial charge in [-0.2, -0.15) is 0 Å². The summed E-state index contributed by atoms with van der Waals surface area (Å²) >= 11 is 0. The van der Waals surface area contributed by atoms with Gasteiger partial charge in [0.1, 0.15) is 42.2 Å². The van der Waals surface area contributed by atoms with E-state index in [4.69, 9.17) is 15.9 Å². The number of aliphatic hydroxyl groups excluding tert-OH is 1. The highest BCUT2D eigenvalue weighted by atomic mass is 16.4. The third-order valence-electron chi connectivity index (χ3n) is 8.29. The fraction of sp³-hybridized carbons (Fsp3) is 0.556. The lowest BCUT2D eigenvalue weighted by molar-refractivity contribution is -0.142. The number of aliphatic hydroxyl groups is 1. The number of hydrogen-bond acceptors (Lipinski definition) is 13. The first kappa shape index (κ1) is 49.9. The average Bonchev–Trinajstić information content (AvgIpc) is 3.10. The molecule has 8 atom stereocenters. The number of phenols is 1. The summed E-state index contributed by atoms with van der Waals surface area (Å²) in [7, 11) is 0. The summed E-state index contributed by atoms with van der Waals surface area (Å²) in [5.74, 6) is -11.8. The number of carbonyl (C=O) groups excluding carboxylic acids is 7. The monoisotopic (exact) mass is 823 g/mol. The third kappa shape index (κ3) is 17.7. The Kier molecular flexibility index (Phi) is 20.5. The SMILES string of the molecule is CC(C)C[C@H](NC(=O)[C@H](CC(=O)O)NC(=O)[C@@H](NC(=O)[C@@H](N)CC(=O)O)C(C)C)C(=O)N[C@@H](Cc1ccc(O)cc1)C(=O)N[C@H](C(=O)N[C@H](C=O)CC(=O)O)[C@@H](C)O. The Morgan fingerprint density at radius 2 is 1.07 bits per heavy atom. The Labute approximate surface area is 333 Å². The molecule has 22 heteroatoms. The molecule has 0 aliphatic carbocycles. The second-order valence-electron chi connectivity index (χ2n) is 14.3. The highest BCUT2D eigenvalue weighted by Gasteiger charge is 2.36. The number of carboxylic acids is 3. The zero-order valence-corrected chi connectivity index (χ0v) is 32.6. The van der Waals surface area contributed by atoms with Crippen molar-refractivity contribution in [2.24, 2.45) is 17.6 Å². The van der Waals surface area contributed by atoms with Gasteiger partial charge in [0.05, 0.1) is 37.5 Å². The number of aldehydes is 1. The average molecular weight is 824 g/mol. The van der Waals surface area contributed by atoms with Gasteiger partial charge in [-0.15, -0.1) is 0 Å². The smallest absolute Gasteiger partial charge is 0.305 e. The lowest BCUT2D eigenvalue weighted by atomic mass is 9.99. The Bertz CT molecular complexity index is 1650. The van der Waals surface area contributed by atoms with Crippen LogP contribution >= 0.6 is 0 Å². The van der Waals surface area contributed by atoms with Gasteiger partial charge in [-0.05, 0) is 42.9 Å². The molecule has 0 aliphatic heterocycles. The molecule has 0 aliphatic rings. The minimum atomic E-state index is -1.82. The second-order valence-corrected chi connectivity index (χ2v) is 14.3. The molecule has 322 valence electrons. The molecule has 6 amide bonds. The van der Waals surface area contributed by atoms with Crippen LogP contribution in [0.5, 0.6) is 5.75 Å². The van der Waals surface area contributed by atoms with Crippen LogP contribution in [0.3, 0.4) is 0 Å². The molecular formula is C36H53N7O15. The van der Waals surface area contributed by atoms with Crippen LogP contribution in [0.4, 0.5) is 0 Å². The van der Waals surface area contributed by atoms with Crippen molar-refractivity contribution in [3.8, 4) is 5.75 Å². The molecule has 22 nitrogen and oxygen atoms in total. The lowest BCUT2D eigenvalue weighted by Gasteiger charge is -2.29. The van der Waals surface area contributed by atoms with Gasteiger partial charge in [0.2, 0.25) is 35.4 Å². The first-order valence-corrected chi connectivity index (χ1v) is 18.1. The molecule has 0 radical (unpaired) electrons. The molecule has 0 bridgehead atoms. The van der Waals surface area contributed by atoms with E-state index in [0.29, 0.717) is 5.56 Å². The largest absolute Gasteiger partial charge is 0.508 e. The van der Waals surface area contributed by atoms with Crippen LogP contribution < -0.4 is 37.6 Å². The molecule has 1 aromatic carbocycles. The van der Waals surface area contributed by atoms with E-state index < -0.39 is 127 Å². The molecule has 1 aromatic rings. The van der Waals surface area contributed by atoms with Crippen LogP contribution in [-0.4, -0.2) is 134 Å². The maximum atomic E-state index is 13.9. The van der Waals surface area contributed by atoms with Crippen molar-refractivity contribution >= 4 is 59.6 Å². The predicted octanol–water partition coefficient (Wildman–Crippen LogP) is -3.12. The summed E-state index contributed by atoms with van der Waals surface area (Å²) in [5, 5.41) is 61.4. The minimum absolute atomic E-state index is 0.0969. The quantitative estimate of drug-likeness (QED) is 0.0434. The standard InChI is InChI=1S/C36H53N7O15/c1-16(2)10-23(39-33(55)25(14-28(51)52)41-35(57)29(17(3)4)42-31(53)22(37)13-27(49)50)32(54)40-24(11-19-6-8-21(46)9-7-19)34(56)43-30(18(5)45)36(58)38-20(15-44)12-26(47)48/h6-9,15-18,20,22-25,29-30,45-46H,10-14,37H2,1-5H3,(H,38,58)(H,39,55)(H,40,54)(H,41,57)(H,42,53)(H,43,56)(H,47,48)(H,49,50)(H,51,52)/t18-,20+,22+,23+,24+,25+,29+,30+/m1/s1. The Morgan fingerprint density at radius 3 is 1.55 bits per heavy atom. The highest BCUT2D eigenvalue weighted by Crippen LogP contribution is 2.14. The molecule has 58 heavy (non-hydrogen) atoms. The number of carboxylic acid groups (broad SMARTS) is 3. The summed E-state index contributed by atoms with van der Waals surface area (Å²) < 4.78 is 0. The Hall–Kier alpha value is -6.16. The summed E-state index contributed by atoms with van der Waals surface area (Å²) in [6.07, 6.45) is -4.39. The molecule has 0 fully saturated rings. The molecule has 0 heterocycles. The van der Waals surface area contributed by atoms with E-state index in [2.05, 4.69) is 31.9 Å². The van der Waals surface area contributed by atoms with E-state index in [1.54, 1.807) is 13.8 Å². The summed E-state index contributed by atoms with van der Waals surface area (Å²) in [4.78, 5) is 125. The van der Waals surface area contributed by atoms with Crippen molar-refractivity contribution in [1.82, 2.24) is 31.9 Å². The number of hydrogen-bond donors (Lipinski definition) is 12. The van der Waals surface area contributed by atoms with Crippen LogP contribution in [0.25, 0.3) is 0 Å². The van der Waals surface area contributed by atoms with Crippen molar-refractivity contribution in [1.29, 1.82) is 0 Å². The van der Waals surface area contributed by atoms with Gasteiger partial charge in [-0.3, -0.25) is 43.2 Å². The molecule has 1 rings (SSSR count). The van der Waals surface area contributed by atoms with Gasteiger partial charge in [0.25, 0.3) is 0 Å². The van der Waals surface area contributed by atoms with Crippen LogP contribution in [0.2, 0.25) is 0 Å². The van der Waals surface area contributed by atoms with Gasteiger partial charge in [0, 0.05) is 6.42 Å². The zero-order chi connectivity index (χ0) is 44.4. The fourth-order valence-electron chi connectivity index (χ4n) is 5.30. The number of aromatic hydroxyl groups is 1. The number of phenolic OH excluding ortho intramolecular Hbond substituents is 1. The van der Waals surface area contributed by atoms with Gasteiger partial charge < -0.3 is 68.0 Å². The normalized spacial score (nSPS) is 15.2. The predicted molar refractivity (Wildman–Crippen MR) is 200 cm³/mol. The second kappa shape index (κ2) is 23.8. The third-order valence-corrected chi connectivity index (χ3v) is 8.29. The van der Waals surface area contributed by atoms with Crippen LogP contribution in [-0.2, 0) is 54.4 Å². The maximum absolute atomic E-state index is 13.9. The van der Waals surface area contributed by atoms with Gasteiger partial charge in [0.15, 0.2) is 0 Å². The molecule has 13 N–H and O–H groups in total. The minimum Gasteiger partial charge on any atom is -0.508 e. The summed E-state index contributed by atoms with van der Waals surface area (Å²) in [5.41, 5.74) is 5.97. The Morgan fingerprint density at radius 1 is 0.603 bits per heavy atom. The molecule has 0 saturated carbocycles.